The van der Waals surface area contributed by atoms with Crippen molar-refractivity contribution in [2.75, 3.05) is 20.6 Å². The average molecular weight is 468 g/mol. The van der Waals surface area contributed by atoms with E-state index in [2.05, 4.69) is 15.6 Å². The molecular formula is C16H27ClIN5O. The van der Waals surface area contributed by atoms with Crippen molar-refractivity contribution in [2.45, 2.75) is 38.3 Å². The highest BCUT2D eigenvalue weighted by Crippen LogP contribution is 2.18. The molecule has 136 valence electrons. The molecule has 0 atom stereocenters. The summed E-state index contributed by atoms with van der Waals surface area (Å²) >= 11 is 6.01. The first-order chi connectivity index (χ1) is 11.0. The number of nitrogens with one attached hydrogen (secondary N) is 2. The van der Waals surface area contributed by atoms with Crippen molar-refractivity contribution >= 4 is 47.4 Å². The van der Waals surface area contributed by atoms with Gasteiger partial charge in [0.1, 0.15) is 0 Å². The van der Waals surface area contributed by atoms with Crippen LogP contribution in [0.4, 0.5) is 0 Å². The number of aryl methyl sites for hydroxylation is 1. The van der Waals surface area contributed by atoms with E-state index in [1.807, 2.05) is 35.8 Å². The zero-order chi connectivity index (χ0) is 16.8. The number of halogens is 2. The third kappa shape index (κ3) is 6.88. The van der Waals surface area contributed by atoms with E-state index in [0.29, 0.717) is 19.0 Å². The molecule has 0 bridgehead atoms. The minimum absolute atomic E-state index is 0. The average Bonchev–Trinajstić information content (AvgIpc) is 3.24. The Morgan fingerprint density at radius 2 is 2.21 bits per heavy atom. The Morgan fingerprint density at radius 3 is 2.75 bits per heavy atom. The Labute approximate surface area is 166 Å². The van der Waals surface area contributed by atoms with Gasteiger partial charge in [-0.15, -0.1) is 24.0 Å². The first-order valence-corrected chi connectivity index (χ1v) is 8.39. The molecular weight excluding hydrogens is 441 g/mol. The number of hydrogen-bond donors (Lipinski definition) is 2. The molecule has 2 N–H and O–H groups in total. The van der Waals surface area contributed by atoms with Gasteiger partial charge in [0.2, 0.25) is 5.91 Å². The third-order valence-electron chi connectivity index (χ3n) is 3.85. The molecule has 2 rings (SSSR count). The molecule has 0 saturated heterocycles. The van der Waals surface area contributed by atoms with Crippen LogP contribution in [-0.4, -0.2) is 48.0 Å². The van der Waals surface area contributed by atoms with Crippen molar-refractivity contribution in [2.24, 2.45) is 12.0 Å². The number of aliphatic imine (C=N–C) groups is 1. The van der Waals surface area contributed by atoms with Gasteiger partial charge in [-0.1, -0.05) is 11.6 Å². The molecule has 24 heavy (non-hydrogen) atoms. The van der Waals surface area contributed by atoms with Crippen LogP contribution in [0.1, 0.15) is 31.4 Å². The zero-order valence-electron chi connectivity index (χ0n) is 14.5. The third-order valence-corrected chi connectivity index (χ3v) is 4.06. The lowest BCUT2D eigenvalue weighted by Crippen LogP contribution is -2.39. The van der Waals surface area contributed by atoms with Gasteiger partial charge >= 0.3 is 0 Å². The lowest BCUT2D eigenvalue weighted by Gasteiger charge is -2.22. The van der Waals surface area contributed by atoms with Crippen LogP contribution in [0.3, 0.4) is 0 Å². The highest BCUT2D eigenvalue weighted by Gasteiger charge is 2.22. The maximum absolute atomic E-state index is 11.6. The van der Waals surface area contributed by atoms with E-state index < -0.39 is 0 Å². The Balaban J connectivity index is 0.00000288. The molecule has 8 heteroatoms. The molecule has 1 aromatic rings. The predicted molar refractivity (Wildman–Crippen MR) is 109 cm³/mol. The summed E-state index contributed by atoms with van der Waals surface area (Å²) in [6.45, 7) is 1.44. The van der Waals surface area contributed by atoms with E-state index in [-0.39, 0.29) is 29.9 Å². The van der Waals surface area contributed by atoms with Crippen molar-refractivity contribution < 1.29 is 4.79 Å². The van der Waals surface area contributed by atoms with E-state index in [1.54, 1.807) is 7.05 Å². The summed E-state index contributed by atoms with van der Waals surface area (Å²) in [4.78, 5) is 17.9. The Hall–Kier alpha value is -0.960. The molecule has 1 aliphatic rings. The minimum atomic E-state index is 0. The highest BCUT2D eigenvalue weighted by atomic mass is 127. The van der Waals surface area contributed by atoms with Crippen LogP contribution in [0.15, 0.2) is 17.3 Å². The van der Waals surface area contributed by atoms with Crippen LogP contribution < -0.4 is 10.6 Å². The molecule has 1 aliphatic carbocycles. The highest BCUT2D eigenvalue weighted by molar-refractivity contribution is 14.0. The van der Waals surface area contributed by atoms with Crippen LogP contribution in [0.2, 0.25) is 5.02 Å². The normalized spacial score (nSPS) is 14.1. The van der Waals surface area contributed by atoms with Crippen LogP contribution in [0.25, 0.3) is 0 Å². The number of hydrogen-bond acceptors (Lipinski definition) is 2. The number of nitrogens with zero attached hydrogens (tertiary/aromatic N) is 3. The maximum atomic E-state index is 11.6. The fourth-order valence-corrected chi connectivity index (χ4v) is 2.67. The van der Waals surface area contributed by atoms with E-state index >= 15 is 0 Å². The molecule has 0 unspecified atom stereocenters. The van der Waals surface area contributed by atoms with Crippen LogP contribution in [-0.2, 0) is 18.4 Å². The fourth-order valence-electron chi connectivity index (χ4n) is 2.40. The SMILES string of the molecule is CN=C(NCCCC(=O)NC1CC1)N(C)Cc1cc(Cl)cn1C.I. The summed E-state index contributed by atoms with van der Waals surface area (Å²) in [6, 6.07) is 2.39. The van der Waals surface area contributed by atoms with Crippen molar-refractivity contribution in [1.29, 1.82) is 0 Å². The van der Waals surface area contributed by atoms with Gasteiger partial charge < -0.3 is 20.1 Å². The summed E-state index contributed by atoms with van der Waals surface area (Å²) in [6.07, 6.45) is 5.49. The molecule has 1 heterocycles. The van der Waals surface area contributed by atoms with Gasteiger partial charge in [-0.25, -0.2) is 0 Å². The van der Waals surface area contributed by atoms with Crippen molar-refractivity contribution in [3.8, 4) is 0 Å². The molecule has 6 nitrogen and oxygen atoms in total. The largest absolute Gasteiger partial charge is 0.356 e. The van der Waals surface area contributed by atoms with Crippen LogP contribution >= 0.6 is 35.6 Å². The summed E-state index contributed by atoms with van der Waals surface area (Å²) in [5.41, 5.74) is 1.12. The van der Waals surface area contributed by atoms with E-state index in [1.165, 1.54) is 0 Å². The van der Waals surface area contributed by atoms with Crippen LogP contribution in [0, 0.1) is 0 Å². The molecule has 0 aliphatic heterocycles. The molecule has 0 radical (unpaired) electrons. The van der Waals surface area contributed by atoms with Gasteiger partial charge in [-0.2, -0.15) is 0 Å². The summed E-state index contributed by atoms with van der Waals surface area (Å²) < 4.78 is 2.01. The Bertz CT molecular complexity index is 571. The second-order valence-corrected chi connectivity index (χ2v) is 6.47. The zero-order valence-corrected chi connectivity index (χ0v) is 17.6. The molecule has 1 fully saturated rings. The molecule has 1 saturated carbocycles. The summed E-state index contributed by atoms with van der Waals surface area (Å²) in [5, 5.41) is 7.03. The molecule has 1 amide bonds. The lowest BCUT2D eigenvalue weighted by molar-refractivity contribution is -0.121. The number of guanidine groups is 1. The Kier molecular flexibility index (Phi) is 8.90. The monoisotopic (exact) mass is 467 g/mol. The van der Waals surface area contributed by atoms with Crippen molar-refractivity contribution in [3.05, 3.63) is 23.0 Å². The second-order valence-electron chi connectivity index (χ2n) is 6.04. The number of rotatable bonds is 7. The van der Waals surface area contributed by atoms with Gasteiger partial charge in [0, 0.05) is 52.0 Å². The van der Waals surface area contributed by atoms with Gasteiger partial charge in [-0.05, 0) is 25.3 Å². The number of carbonyl (C=O) groups excluding carboxylic acids is 1. The lowest BCUT2D eigenvalue weighted by atomic mass is 10.3. The number of amides is 1. The Morgan fingerprint density at radius 1 is 1.50 bits per heavy atom. The summed E-state index contributed by atoms with van der Waals surface area (Å²) in [5.74, 6) is 0.959. The van der Waals surface area contributed by atoms with Crippen molar-refractivity contribution in [1.82, 2.24) is 20.1 Å². The van der Waals surface area contributed by atoms with Gasteiger partial charge in [0.05, 0.1) is 11.6 Å². The van der Waals surface area contributed by atoms with E-state index in [9.17, 15) is 4.79 Å². The van der Waals surface area contributed by atoms with E-state index in [4.69, 9.17) is 11.6 Å². The number of aromatic nitrogens is 1. The number of carbonyl (C=O) groups is 1. The molecule has 0 spiro atoms. The summed E-state index contributed by atoms with van der Waals surface area (Å²) in [7, 11) is 5.72. The first kappa shape index (κ1) is 21.1. The standard InChI is InChI=1S/C16H26ClN5O.HI/c1-18-16(19-8-4-5-15(23)20-13-6-7-13)22(3)11-14-9-12(17)10-21(14)2;/h9-10,13H,4-8,11H2,1-3H3,(H,18,19)(H,20,23);1H. The van der Waals surface area contributed by atoms with Crippen LogP contribution in [0.5, 0.6) is 0 Å². The smallest absolute Gasteiger partial charge is 0.220 e. The maximum Gasteiger partial charge on any atom is 0.220 e. The first-order valence-electron chi connectivity index (χ1n) is 8.01. The predicted octanol–water partition coefficient (Wildman–Crippen LogP) is 2.36. The molecule has 1 aromatic heterocycles. The van der Waals surface area contributed by atoms with Gasteiger partial charge in [0.25, 0.3) is 0 Å². The quantitative estimate of drug-likeness (QED) is 0.280. The van der Waals surface area contributed by atoms with Crippen molar-refractivity contribution in [3.63, 3.8) is 0 Å². The van der Waals surface area contributed by atoms with Gasteiger partial charge in [0.15, 0.2) is 5.96 Å². The van der Waals surface area contributed by atoms with E-state index in [0.717, 1.165) is 42.5 Å². The minimum Gasteiger partial charge on any atom is -0.356 e. The molecule has 0 aromatic carbocycles. The second kappa shape index (κ2) is 10.1. The fraction of sp³-hybridized carbons (Fsp3) is 0.625. The van der Waals surface area contributed by atoms with Gasteiger partial charge in [-0.3, -0.25) is 9.79 Å². The topological polar surface area (TPSA) is 61.7 Å².